The monoisotopic (exact) mass is 335 g/mol. The lowest BCUT2D eigenvalue weighted by Crippen LogP contribution is -2.44. The van der Waals surface area contributed by atoms with Crippen LogP contribution in [0.5, 0.6) is 5.75 Å². The highest BCUT2D eigenvalue weighted by molar-refractivity contribution is 5.93. The molecule has 1 amide bonds. The van der Waals surface area contributed by atoms with Crippen LogP contribution in [-0.2, 0) is 13.1 Å². The second-order valence-electron chi connectivity index (χ2n) is 5.89. The molecule has 1 aliphatic rings. The van der Waals surface area contributed by atoms with E-state index in [2.05, 4.69) is 15.0 Å². The van der Waals surface area contributed by atoms with Crippen molar-refractivity contribution in [1.29, 1.82) is 0 Å². The summed E-state index contributed by atoms with van der Waals surface area (Å²) < 4.78 is 7.92. The summed E-state index contributed by atoms with van der Waals surface area (Å²) in [6, 6.07) is 7.67. The zero-order valence-electron chi connectivity index (χ0n) is 13.5. The van der Waals surface area contributed by atoms with Crippen LogP contribution >= 0.6 is 0 Å². The molecule has 0 fully saturated rings. The highest BCUT2D eigenvalue weighted by Crippen LogP contribution is 2.26. The van der Waals surface area contributed by atoms with Gasteiger partial charge in [0.2, 0.25) is 0 Å². The summed E-state index contributed by atoms with van der Waals surface area (Å²) in [5.74, 6) is 0.712. The van der Waals surface area contributed by atoms with Crippen molar-refractivity contribution >= 4 is 5.91 Å². The fourth-order valence-electron chi connectivity index (χ4n) is 2.97. The first-order chi connectivity index (χ1) is 12.3. The van der Waals surface area contributed by atoms with Crippen LogP contribution in [0.4, 0.5) is 0 Å². The van der Waals surface area contributed by atoms with Crippen LogP contribution in [0.3, 0.4) is 0 Å². The molecule has 3 heterocycles. The molecule has 1 aromatic carbocycles. The van der Waals surface area contributed by atoms with Crippen molar-refractivity contribution in [3.05, 3.63) is 72.8 Å². The number of carbonyl (C=O) groups is 1. The Morgan fingerprint density at radius 2 is 2.04 bits per heavy atom. The van der Waals surface area contributed by atoms with Gasteiger partial charge >= 0.3 is 0 Å². The molecule has 0 N–H and O–H groups in total. The van der Waals surface area contributed by atoms with Gasteiger partial charge in [0.15, 0.2) is 0 Å². The average molecular weight is 335 g/mol. The summed E-state index contributed by atoms with van der Waals surface area (Å²) in [7, 11) is 0. The van der Waals surface area contributed by atoms with Crippen LogP contribution in [0.25, 0.3) is 0 Å². The molecule has 1 atom stereocenters. The number of benzene rings is 1. The van der Waals surface area contributed by atoms with Crippen molar-refractivity contribution in [1.82, 2.24) is 24.4 Å². The Morgan fingerprint density at radius 3 is 2.84 bits per heavy atom. The number of hydrogen-bond acceptors (Lipinski definition) is 5. The van der Waals surface area contributed by atoms with Crippen molar-refractivity contribution in [3.8, 4) is 5.75 Å². The molecule has 0 spiro atoms. The Morgan fingerprint density at radius 1 is 1.20 bits per heavy atom. The number of imidazole rings is 1. The van der Waals surface area contributed by atoms with Crippen molar-refractivity contribution in [2.45, 2.75) is 19.1 Å². The zero-order valence-corrected chi connectivity index (χ0v) is 13.5. The summed E-state index contributed by atoms with van der Waals surface area (Å²) in [5.41, 5.74) is 1.46. The minimum atomic E-state index is -0.130. The van der Waals surface area contributed by atoms with Crippen LogP contribution < -0.4 is 4.74 Å². The maximum atomic E-state index is 13.1. The largest absolute Gasteiger partial charge is 0.491 e. The Hall–Kier alpha value is -3.22. The van der Waals surface area contributed by atoms with Gasteiger partial charge in [0.1, 0.15) is 18.7 Å². The van der Waals surface area contributed by atoms with Crippen molar-refractivity contribution < 1.29 is 9.53 Å². The molecule has 0 bridgehead atoms. The van der Waals surface area contributed by atoms with Gasteiger partial charge in [0, 0.05) is 36.9 Å². The molecule has 126 valence electrons. The molecular weight excluding hydrogens is 318 g/mol. The molecule has 7 heteroatoms. The van der Waals surface area contributed by atoms with Gasteiger partial charge in [0.25, 0.3) is 5.91 Å². The van der Waals surface area contributed by atoms with Crippen molar-refractivity contribution in [2.75, 3.05) is 6.61 Å². The van der Waals surface area contributed by atoms with Gasteiger partial charge in [-0.2, -0.15) is 0 Å². The molecule has 3 aromatic rings. The van der Waals surface area contributed by atoms with E-state index < -0.39 is 0 Å². The third-order valence-electron chi connectivity index (χ3n) is 4.23. The predicted molar refractivity (Wildman–Crippen MR) is 89.9 cm³/mol. The molecule has 0 radical (unpaired) electrons. The number of hydrogen-bond donors (Lipinski definition) is 0. The van der Waals surface area contributed by atoms with E-state index in [-0.39, 0.29) is 11.9 Å². The summed E-state index contributed by atoms with van der Waals surface area (Å²) >= 11 is 0. The third-order valence-corrected chi connectivity index (χ3v) is 4.23. The van der Waals surface area contributed by atoms with E-state index in [4.69, 9.17) is 4.74 Å². The normalized spacial score (nSPS) is 16.6. The highest BCUT2D eigenvalue weighted by Gasteiger charge is 2.29. The lowest BCUT2D eigenvalue weighted by atomic mass is 10.1. The van der Waals surface area contributed by atoms with Gasteiger partial charge in [-0.25, -0.2) is 15.0 Å². The first-order valence-electron chi connectivity index (χ1n) is 8.03. The quantitative estimate of drug-likeness (QED) is 0.729. The molecule has 0 aliphatic carbocycles. The lowest BCUT2D eigenvalue weighted by Gasteiger charge is -2.29. The van der Waals surface area contributed by atoms with Crippen LogP contribution in [-0.4, -0.2) is 43.0 Å². The maximum Gasteiger partial charge on any atom is 0.257 e. The summed E-state index contributed by atoms with van der Waals surface area (Å²) in [5, 5.41) is 0. The van der Waals surface area contributed by atoms with Gasteiger partial charge in [-0.05, 0) is 6.07 Å². The van der Waals surface area contributed by atoms with E-state index in [1.807, 2.05) is 39.9 Å². The van der Waals surface area contributed by atoms with Crippen LogP contribution in [0.1, 0.15) is 15.9 Å². The number of aromatic nitrogens is 4. The van der Waals surface area contributed by atoms with E-state index in [9.17, 15) is 4.79 Å². The van der Waals surface area contributed by atoms with E-state index in [1.165, 1.54) is 6.33 Å². The lowest BCUT2D eigenvalue weighted by molar-refractivity contribution is 0.0597. The number of ether oxygens (including phenoxy) is 1. The van der Waals surface area contributed by atoms with Crippen molar-refractivity contribution in [2.24, 2.45) is 0 Å². The van der Waals surface area contributed by atoms with E-state index in [0.29, 0.717) is 25.3 Å². The number of carbonyl (C=O) groups excluding carboxylic acids is 1. The van der Waals surface area contributed by atoms with E-state index in [1.54, 1.807) is 24.9 Å². The van der Waals surface area contributed by atoms with Gasteiger partial charge in [-0.1, -0.05) is 18.2 Å². The Labute approximate surface area is 144 Å². The highest BCUT2D eigenvalue weighted by atomic mass is 16.5. The molecule has 0 saturated carbocycles. The zero-order chi connectivity index (χ0) is 17.1. The second kappa shape index (κ2) is 6.72. The predicted octanol–water partition coefficient (Wildman–Crippen LogP) is 1.78. The molecule has 1 aliphatic heterocycles. The molecule has 7 nitrogen and oxygen atoms in total. The van der Waals surface area contributed by atoms with Crippen LogP contribution in [0.15, 0.2) is 61.7 Å². The van der Waals surface area contributed by atoms with Crippen LogP contribution in [0.2, 0.25) is 0 Å². The topological polar surface area (TPSA) is 73.1 Å². The summed E-state index contributed by atoms with van der Waals surface area (Å²) in [6.07, 6.45) is 9.85. The SMILES string of the molecule is O=C(c1cncnc1)N1Cc2ccccc2OC[C@H]1Cn1ccnc1. The number of fused-ring (bicyclic) bond motifs is 1. The molecule has 25 heavy (non-hydrogen) atoms. The molecule has 0 unspecified atom stereocenters. The summed E-state index contributed by atoms with van der Waals surface area (Å²) in [4.78, 5) is 26.9. The Balaban J connectivity index is 1.67. The molecule has 0 saturated heterocycles. The Kier molecular flexibility index (Phi) is 4.12. The first-order valence-corrected chi connectivity index (χ1v) is 8.03. The minimum absolute atomic E-state index is 0.106. The molecule has 2 aromatic heterocycles. The number of para-hydroxylation sites is 1. The number of nitrogens with zero attached hydrogens (tertiary/aromatic N) is 5. The number of amides is 1. The van der Waals surface area contributed by atoms with E-state index >= 15 is 0 Å². The van der Waals surface area contributed by atoms with E-state index in [0.717, 1.165) is 11.3 Å². The third kappa shape index (κ3) is 3.21. The van der Waals surface area contributed by atoms with Gasteiger partial charge in [0.05, 0.1) is 24.5 Å². The number of rotatable bonds is 3. The molecule has 4 rings (SSSR count). The van der Waals surface area contributed by atoms with Gasteiger partial charge in [-0.3, -0.25) is 4.79 Å². The van der Waals surface area contributed by atoms with Crippen molar-refractivity contribution in [3.63, 3.8) is 0 Å². The molecular formula is C18H17N5O2. The second-order valence-corrected chi connectivity index (χ2v) is 5.89. The average Bonchev–Trinajstić information content (AvgIpc) is 3.10. The van der Waals surface area contributed by atoms with Crippen LogP contribution in [0, 0.1) is 0 Å². The fourth-order valence-corrected chi connectivity index (χ4v) is 2.97. The van der Waals surface area contributed by atoms with Gasteiger partial charge < -0.3 is 14.2 Å². The maximum absolute atomic E-state index is 13.1. The smallest absolute Gasteiger partial charge is 0.257 e. The minimum Gasteiger partial charge on any atom is -0.491 e. The first kappa shape index (κ1) is 15.3. The summed E-state index contributed by atoms with van der Waals surface area (Å²) in [6.45, 7) is 1.49. The fraction of sp³-hybridized carbons (Fsp3) is 0.222. The van der Waals surface area contributed by atoms with Gasteiger partial charge in [-0.15, -0.1) is 0 Å². The Bertz CT molecular complexity index is 851. The standard InChI is InChI=1S/C18H17N5O2/c24-18(15-7-20-12-21-8-15)23-9-14-3-1-2-4-17(14)25-11-16(23)10-22-6-5-19-13-22/h1-8,12-13,16H,9-11H2/t16-/m1/s1.